The summed E-state index contributed by atoms with van der Waals surface area (Å²) in [6.45, 7) is 0.248. The molecule has 0 aliphatic rings. The van der Waals surface area contributed by atoms with E-state index in [-0.39, 0.29) is 18.1 Å². The van der Waals surface area contributed by atoms with Gasteiger partial charge in [0.25, 0.3) is 0 Å². The van der Waals surface area contributed by atoms with Crippen LogP contribution in [0.25, 0.3) is 0 Å². The van der Waals surface area contributed by atoms with Crippen LogP contribution in [0.3, 0.4) is 0 Å². The summed E-state index contributed by atoms with van der Waals surface area (Å²) in [7, 11) is 1.47. The topological polar surface area (TPSA) is 68.7 Å². The summed E-state index contributed by atoms with van der Waals surface area (Å²) in [4.78, 5) is 15.4. The molecule has 0 unspecified atom stereocenters. The molecule has 0 saturated heterocycles. The lowest BCUT2D eigenvalue weighted by Crippen LogP contribution is -2.08. The number of rotatable bonds is 6. The molecule has 0 aliphatic heterocycles. The molecule has 1 aromatic carbocycles. The van der Waals surface area contributed by atoms with Crippen LogP contribution in [-0.2, 0) is 6.61 Å². The molecule has 0 bridgehead atoms. The zero-order valence-corrected chi connectivity index (χ0v) is 12.5. The van der Waals surface area contributed by atoms with Gasteiger partial charge in [-0.1, -0.05) is 30.3 Å². The van der Waals surface area contributed by atoms with Crippen molar-refractivity contribution in [3.8, 4) is 11.5 Å². The number of carboxylic acid groups (broad SMARTS) is 1. The minimum Gasteiger partial charge on any atom is -0.493 e. The minimum absolute atomic E-state index is 0.144. The second-order valence-electron chi connectivity index (χ2n) is 4.12. The van der Waals surface area contributed by atoms with Gasteiger partial charge in [-0.05, 0) is 11.8 Å². The van der Waals surface area contributed by atoms with Gasteiger partial charge >= 0.3 is 5.97 Å². The van der Waals surface area contributed by atoms with Gasteiger partial charge in [0.1, 0.15) is 11.6 Å². The van der Waals surface area contributed by atoms with Gasteiger partial charge in [-0.15, -0.1) is 11.8 Å². The molecule has 1 heterocycles. The van der Waals surface area contributed by atoms with Gasteiger partial charge in [0.2, 0.25) is 0 Å². The van der Waals surface area contributed by atoms with E-state index in [0.717, 1.165) is 5.56 Å². The van der Waals surface area contributed by atoms with Crippen LogP contribution in [0.4, 0.5) is 0 Å². The molecule has 2 rings (SSSR count). The Kier molecular flexibility index (Phi) is 5.05. The number of aromatic carboxylic acids is 1. The SMILES string of the molecule is COc1cc(SC)nc(C(=O)O)c1OCc1ccccc1. The highest BCUT2D eigenvalue weighted by molar-refractivity contribution is 7.98. The smallest absolute Gasteiger partial charge is 0.358 e. The third kappa shape index (κ3) is 3.66. The van der Waals surface area contributed by atoms with E-state index in [4.69, 9.17) is 9.47 Å². The zero-order chi connectivity index (χ0) is 15.2. The first-order chi connectivity index (χ1) is 10.2. The predicted molar refractivity (Wildman–Crippen MR) is 80.3 cm³/mol. The van der Waals surface area contributed by atoms with E-state index in [2.05, 4.69) is 4.98 Å². The number of ether oxygens (including phenoxy) is 2. The van der Waals surface area contributed by atoms with Gasteiger partial charge < -0.3 is 14.6 Å². The molecule has 0 saturated carbocycles. The lowest BCUT2D eigenvalue weighted by atomic mass is 10.2. The summed E-state index contributed by atoms with van der Waals surface area (Å²) in [5, 5.41) is 9.86. The lowest BCUT2D eigenvalue weighted by molar-refractivity contribution is 0.0682. The summed E-state index contributed by atoms with van der Waals surface area (Å²) >= 11 is 1.34. The van der Waals surface area contributed by atoms with Crippen LogP contribution < -0.4 is 9.47 Å². The fraction of sp³-hybridized carbons (Fsp3) is 0.200. The number of nitrogens with zero attached hydrogens (tertiary/aromatic N) is 1. The van der Waals surface area contributed by atoms with E-state index in [1.807, 2.05) is 36.6 Å². The Hall–Kier alpha value is -2.21. The molecule has 6 heteroatoms. The predicted octanol–water partition coefficient (Wildman–Crippen LogP) is 3.09. The molecule has 110 valence electrons. The Balaban J connectivity index is 2.34. The molecule has 0 spiro atoms. The molecular formula is C15H15NO4S. The minimum atomic E-state index is -1.15. The normalized spacial score (nSPS) is 10.2. The van der Waals surface area contributed by atoms with E-state index < -0.39 is 5.97 Å². The molecule has 2 aromatic rings. The Bertz CT molecular complexity index is 631. The molecular weight excluding hydrogens is 290 g/mol. The van der Waals surface area contributed by atoms with Crippen LogP contribution in [0.5, 0.6) is 11.5 Å². The standard InChI is InChI=1S/C15H15NO4S/c1-19-11-8-12(21-2)16-13(15(17)18)14(11)20-9-10-6-4-3-5-7-10/h3-8H,9H2,1-2H3,(H,17,18). The Morgan fingerprint density at radius 3 is 2.62 bits per heavy atom. The average Bonchev–Trinajstić information content (AvgIpc) is 2.52. The third-order valence-electron chi connectivity index (χ3n) is 2.77. The second kappa shape index (κ2) is 6.99. The molecule has 0 fully saturated rings. The monoisotopic (exact) mass is 305 g/mol. The van der Waals surface area contributed by atoms with Crippen LogP contribution in [0.15, 0.2) is 41.4 Å². The van der Waals surface area contributed by atoms with Crippen LogP contribution in [0, 0.1) is 0 Å². The Morgan fingerprint density at radius 2 is 2.05 bits per heavy atom. The van der Waals surface area contributed by atoms with E-state index in [9.17, 15) is 9.90 Å². The number of hydrogen-bond donors (Lipinski definition) is 1. The van der Waals surface area contributed by atoms with Crippen LogP contribution in [0.1, 0.15) is 16.1 Å². The summed E-state index contributed by atoms with van der Waals surface area (Å²) in [5.74, 6) is -0.637. The van der Waals surface area contributed by atoms with Gasteiger partial charge in [-0.3, -0.25) is 0 Å². The summed E-state index contributed by atoms with van der Waals surface area (Å²) in [6, 6.07) is 11.2. The molecule has 1 aromatic heterocycles. The van der Waals surface area contributed by atoms with Crippen molar-refractivity contribution < 1.29 is 19.4 Å². The quantitative estimate of drug-likeness (QED) is 0.827. The van der Waals surface area contributed by atoms with E-state index in [1.165, 1.54) is 18.9 Å². The highest BCUT2D eigenvalue weighted by Crippen LogP contribution is 2.34. The van der Waals surface area contributed by atoms with Crippen molar-refractivity contribution in [2.45, 2.75) is 11.6 Å². The Morgan fingerprint density at radius 1 is 1.33 bits per heavy atom. The molecule has 0 amide bonds. The fourth-order valence-electron chi connectivity index (χ4n) is 1.76. The molecule has 21 heavy (non-hydrogen) atoms. The first-order valence-electron chi connectivity index (χ1n) is 6.18. The zero-order valence-electron chi connectivity index (χ0n) is 11.7. The number of methoxy groups -OCH3 is 1. The number of hydrogen-bond acceptors (Lipinski definition) is 5. The van der Waals surface area contributed by atoms with Crippen molar-refractivity contribution in [3.63, 3.8) is 0 Å². The van der Waals surface area contributed by atoms with Crippen molar-refractivity contribution in [2.75, 3.05) is 13.4 Å². The maximum atomic E-state index is 11.4. The van der Waals surface area contributed by atoms with Gasteiger partial charge in [-0.2, -0.15) is 0 Å². The molecule has 1 N–H and O–H groups in total. The Labute approximate surface area is 126 Å². The highest BCUT2D eigenvalue weighted by atomic mass is 32.2. The highest BCUT2D eigenvalue weighted by Gasteiger charge is 2.20. The van der Waals surface area contributed by atoms with Crippen LogP contribution >= 0.6 is 11.8 Å². The van der Waals surface area contributed by atoms with Crippen molar-refractivity contribution in [3.05, 3.63) is 47.7 Å². The van der Waals surface area contributed by atoms with Crippen LogP contribution in [0.2, 0.25) is 0 Å². The number of aromatic nitrogens is 1. The number of pyridine rings is 1. The van der Waals surface area contributed by atoms with Gasteiger partial charge in [-0.25, -0.2) is 9.78 Å². The van der Waals surface area contributed by atoms with Crippen molar-refractivity contribution in [1.29, 1.82) is 0 Å². The van der Waals surface area contributed by atoms with E-state index in [1.54, 1.807) is 6.07 Å². The van der Waals surface area contributed by atoms with Gasteiger partial charge in [0, 0.05) is 6.07 Å². The number of carboxylic acids is 1. The van der Waals surface area contributed by atoms with Crippen molar-refractivity contribution in [2.24, 2.45) is 0 Å². The first kappa shape index (κ1) is 15.2. The van der Waals surface area contributed by atoms with Crippen LogP contribution in [-0.4, -0.2) is 29.4 Å². The largest absolute Gasteiger partial charge is 0.493 e. The average molecular weight is 305 g/mol. The second-order valence-corrected chi connectivity index (χ2v) is 4.95. The molecule has 0 aliphatic carbocycles. The van der Waals surface area contributed by atoms with Gasteiger partial charge in [0.05, 0.1) is 7.11 Å². The van der Waals surface area contributed by atoms with Gasteiger partial charge in [0.15, 0.2) is 17.2 Å². The maximum absolute atomic E-state index is 11.4. The molecule has 0 radical (unpaired) electrons. The summed E-state index contributed by atoms with van der Waals surface area (Å²) in [5.41, 5.74) is 0.791. The van der Waals surface area contributed by atoms with E-state index in [0.29, 0.717) is 10.8 Å². The third-order valence-corrected chi connectivity index (χ3v) is 3.40. The number of benzene rings is 1. The summed E-state index contributed by atoms with van der Waals surface area (Å²) < 4.78 is 10.9. The lowest BCUT2D eigenvalue weighted by Gasteiger charge is -2.13. The summed E-state index contributed by atoms with van der Waals surface area (Å²) in [6.07, 6.45) is 1.82. The van der Waals surface area contributed by atoms with E-state index >= 15 is 0 Å². The number of thioether (sulfide) groups is 1. The fourth-order valence-corrected chi connectivity index (χ4v) is 2.17. The first-order valence-corrected chi connectivity index (χ1v) is 7.41. The molecule has 5 nitrogen and oxygen atoms in total. The molecule has 0 atom stereocenters. The van der Waals surface area contributed by atoms with Crippen molar-refractivity contribution >= 4 is 17.7 Å². The number of carbonyl (C=O) groups is 1. The van der Waals surface area contributed by atoms with Crippen molar-refractivity contribution in [1.82, 2.24) is 4.98 Å². The maximum Gasteiger partial charge on any atom is 0.358 e.